The van der Waals surface area contributed by atoms with Crippen molar-refractivity contribution in [2.75, 3.05) is 52.4 Å². The lowest BCUT2D eigenvalue weighted by atomic mass is 10.2. The van der Waals surface area contributed by atoms with Crippen molar-refractivity contribution in [3.05, 3.63) is 46.3 Å². The first-order valence-electron chi connectivity index (χ1n) is 10.9. The molecule has 0 radical (unpaired) electrons. The SMILES string of the molecule is CCN1CCN(CC(=O)N2CCN(Cc3ccc(-c4ccccc4Cl)s3)CC2)C(=O)C1=O. The fourth-order valence-electron chi connectivity index (χ4n) is 4.08. The fraction of sp³-hybridized carbons (Fsp3) is 0.435. The number of nitrogens with zero attached hydrogens (tertiary/aromatic N) is 4. The van der Waals surface area contributed by atoms with Gasteiger partial charge in [0.05, 0.1) is 0 Å². The Bertz CT molecular complexity index is 1000. The van der Waals surface area contributed by atoms with Crippen LogP contribution in [0, 0.1) is 0 Å². The van der Waals surface area contributed by atoms with Gasteiger partial charge in [-0.15, -0.1) is 11.3 Å². The number of hydrogen-bond donors (Lipinski definition) is 0. The van der Waals surface area contributed by atoms with Gasteiger partial charge < -0.3 is 14.7 Å². The highest BCUT2D eigenvalue weighted by Crippen LogP contribution is 2.33. The third kappa shape index (κ3) is 4.98. The van der Waals surface area contributed by atoms with Gasteiger partial charge in [-0.05, 0) is 25.1 Å². The Morgan fingerprint density at radius 3 is 2.34 bits per heavy atom. The molecule has 4 rings (SSSR count). The number of likely N-dealkylation sites (N-methyl/N-ethyl adjacent to an activating group) is 1. The van der Waals surface area contributed by atoms with Crippen molar-refractivity contribution < 1.29 is 14.4 Å². The van der Waals surface area contributed by atoms with Gasteiger partial charge in [0.2, 0.25) is 5.91 Å². The monoisotopic (exact) mass is 474 g/mol. The third-order valence-electron chi connectivity index (χ3n) is 6.01. The summed E-state index contributed by atoms with van der Waals surface area (Å²) in [5.41, 5.74) is 1.05. The van der Waals surface area contributed by atoms with E-state index >= 15 is 0 Å². The Morgan fingerprint density at radius 1 is 0.938 bits per heavy atom. The van der Waals surface area contributed by atoms with Gasteiger partial charge in [-0.3, -0.25) is 19.3 Å². The molecule has 2 aliphatic heterocycles. The topological polar surface area (TPSA) is 64.2 Å². The second-order valence-electron chi connectivity index (χ2n) is 8.01. The highest BCUT2D eigenvalue weighted by Gasteiger charge is 2.33. The van der Waals surface area contributed by atoms with Crippen LogP contribution in [0.25, 0.3) is 10.4 Å². The van der Waals surface area contributed by atoms with Crippen molar-refractivity contribution in [2.24, 2.45) is 0 Å². The van der Waals surface area contributed by atoms with E-state index in [0.29, 0.717) is 32.7 Å². The minimum absolute atomic E-state index is 0.0196. The Hall–Kier alpha value is -2.42. The molecule has 32 heavy (non-hydrogen) atoms. The van der Waals surface area contributed by atoms with E-state index in [-0.39, 0.29) is 12.5 Å². The van der Waals surface area contributed by atoms with E-state index in [1.807, 2.05) is 31.2 Å². The number of hydrogen-bond acceptors (Lipinski definition) is 5. The van der Waals surface area contributed by atoms with Crippen molar-refractivity contribution in [2.45, 2.75) is 13.5 Å². The molecule has 2 saturated heterocycles. The largest absolute Gasteiger partial charge is 0.339 e. The van der Waals surface area contributed by atoms with Crippen LogP contribution in [0.5, 0.6) is 0 Å². The van der Waals surface area contributed by atoms with Crippen molar-refractivity contribution in [3.63, 3.8) is 0 Å². The van der Waals surface area contributed by atoms with Gasteiger partial charge in [-0.1, -0.05) is 29.8 Å². The Labute approximate surface area is 197 Å². The summed E-state index contributed by atoms with van der Waals surface area (Å²) in [6, 6.07) is 12.1. The van der Waals surface area contributed by atoms with Crippen LogP contribution in [0.15, 0.2) is 36.4 Å². The molecule has 1 aromatic heterocycles. The molecule has 0 atom stereocenters. The molecule has 2 fully saturated rings. The van der Waals surface area contributed by atoms with Gasteiger partial charge in [0, 0.05) is 72.7 Å². The van der Waals surface area contributed by atoms with E-state index in [0.717, 1.165) is 35.1 Å². The summed E-state index contributed by atoms with van der Waals surface area (Å²) in [6.45, 7) is 6.88. The van der Waals surface area contributed by atoms with E-state index in [2.05, 4.69) is 17.0 Å². The first-order chi connectivity index (χ1) is 15.5. The molecule has 3 amide bonds. The molecule has 0 aliphatic carbocycles. The average Bonchev–Trinajstić information content (AvgIpc) is 3.26. The summed E-state index contributed by atoms with van der Waals surface area (Å²) in [6.07, 6.45) is 0. The summed E-state index contributed by atoms with van der Waals surface area (Å²) >= 11 is 8.06. The fourth-order valence-corrected chi connectivity index (χ4v) is 5.46. The van der Waals surface area contributed by atoms with E-state index in [9.17, 15) is 14.4 Å². The molecule has 0 spiro atoms. The average molecular weight is 475 g/mol. The van der Waals surface area contributed by atoms with Crippen LogP contribution in [-0.2, 0) is 20.9 Å². The lowest BCUT2D eigenvalue weighted by molar-refractivity contribution is -0.157. The molecule has 2 aromatic rings. The molecule has 170 valence electrons. The summed E-state index contributed by atoms with van der Waals surface area (Å²) in [7, 11) is 0. The summed E-state index contributed by atoms with van der Waals surface area (Å²) in [4.78, 5) is 46.4. The number of carbonyl (C=O) groups is 3. The van der Waals surface area contributed by atoms with E-state index in [1.165, 1.54) is 14.7 Å². The Kier molecular flexibility index (Phi) is 7.13. The standard InChI is InChI=1S/C23H27ClN4O3S/c1-2-26-13-14-28(23(31)22(26)30)16-21(29)27-11-9-25(10-12-27)15-17-7-8-20(32-17)18-5-3-4-6-19(18)24/h3-8H,2,9-16H2,1H3. The smallest absolute Gasteiger partial charge is 0.312 e. The highest BCUT2D eigenvalue weighted by molar-refractivity contribution is 7.15. The molecular formula is C23H27ClN4O3S. The number of piperazine rings is 2. The zero-order chi connectivity index (χ0) is 22.7. The lowest BCUT2D eigenvalue weighted by Crippen LogP contribution is -2.57. The number of carbonyl (C=O) groups excluding carboxylic acids is 3. The molecule has 7 nitrogen and oxygen atoms in total. The van der Waals surface area contributed by atoms with Crippen LogP contribution in [0.3, 0.4) is 0 Å². The van der Waals surface area contributed by atoms with Crippen molar-refractivity contribution in [3.8, 4) is 10.4 Å². The second-order valence-corrected chi connectivity index (χ2v) is 9.59. The summed E-state index contributed by atoms with van der Waals surface area (Å²) < 4.78 is 0. The van der Waals surface area contributed by atoms with Gasteiger partial charge in [0.25, 0.3) is 0 Å². The predicted octanol–water partition coefficient (Wildman–Crippen LogP) is 2.40. The molecular weight excluding hydrogens is 448 g/mol. The Balaban J connectivity index is 1.27. The van der Waals surface area contributed by atoms with E-state index in [1.54, 1.807) is 16.2 Å². The van der Waals surface area contributed by atoms with Crippen LogP contribution >= 0.6 is 22.9 Å². The van der Waals surface area contributed by atoms with Gasteiger partial charge >= 0.3 is 11.8 Å². The summed E-state index contributed by atoms with van der Waals surface area (Å²) in [5, 5.41) is 0.754. The highest BCUT2D eigenvalue weighted by atomic mass is 35.5. The van der Waals surface area contributed by atoms with Crippen LogP contribution < -0.4 is 0 Å². The normalized spacial score (nSPS) is 17.9. The molecule has 1 aromatic carbocycles. The molecule has 0 unspecified atom stereocenters. The quantitative estimate of drug-likeness (QED) is 0.603. The molecule has 3 heterocycles. The van der Waals surface area contributed by atoms with Crippen molar-refractivity contribution in [1.82, 2.24) is 19.6 Å². The van der Waals surface area contributed by atoms with Crippen molar-refractivity contribution >= 4 is 40.7 Å². The first-order valence-corrected chi connectivity index (χ1v) is 12.1. The minimum atomic E-state index is -0.572. The van der Waals surface area contributed by atoms with E-state index in [4.69, 9.17) is 11.6 Å². The maximum atomic E-state index is 12.7. The zero-order valence-electron chi connectivity index (χ0n) is 18.1. The number of benzene rings is 1. The van der Waals surface area contributed by atoms with E-state index < -0.39 is 11.8 Å². The van der Waals surface area contributed by atoms with Gasteiger partial charge in [0.1, 0.15) is 6.54 Å². The third-order valence-corrected chi connectivity index (χ3v) is 7.44. The molecule has 0 bridgehead atoms. The number of thiophene rings is 1. The van der Waals surface area contributed by atoms with Crippen molar-refractivity contribution in [1.29, 1.82) is 0 Å². The van der Waals surface area contributed by atoms with Gasteiger partial charge in [0.15, 0.2) is 0 Å². The minimum Gasteiger partial charge on any atom is -0.339 e. The number of rotatable bonds is 6. The van der Waals surface area contributed by atoms with Crippen LogP contribution in [0.2, 0.25) is 5.02 Å². The maximum Gasteiger partial charge on any atom is 0.312 e. The number of amides is 3. The van der Waals surface area contributed by atoms with Crippen LogP contribution in [0.4, 0.5) is 0 Å². The van der Waals surface area contributed by atoms with Crippen LogP contribution in [0.1, 0.15) is 11.8 Å². The molecule has 2 aliphatic rings. The number of halogens is 1. The second kappa shape index (κ2) is 10.0. The predicted molar refractivity (Wildman–Crippen MR) is 125 cm³/mol. The molecule has 9 heteroatoms. The Morgan fingerprint density at radius 2 is 1.62 bits per heavy atom. The van der Waals surface area contributed by atoms with Crippen LogP contribution in [-0.4, -0.2) is 89.7 Å². The zero-order valence-corrected chi connectivity index (χ0v) is 19.7. The maximum absolute atomic E-state index is 12.7. The van der Waals surface area contributed by atoms with Gasteiger partial charge in [-0.25, -0.2) is 0 Å². The summed E-state index contributed by atoms with van der Waals surface area (Å²) in [5.74, 6) is -1.17. The molecule has 0 N–H and O–H groups in total. The lowest BCUT2D eigenvalue weighted by Gasteiger charge is -2.37. The van der Waals surface area contributed by atoms with Gasteiger partial charge in [-0.2, -0.15) is 0 Å². The first kappa shape index (κ1) is 22.8. The molecule has 0 saturated carbocycles.